The highest BCUT2D eigenvalue weighted by atomic mass is 16.5. The molecule has 1 N–H and O–H groups in total. The summed E-state index contributed by atoms with van der Waals surface area (Å²) in [6.07, 6.45) is 6.38. The van der Waals surface area contributed by atoms with Gasteiger partial charge >= 0.3 is 5.97 Å². The molecule has 0 bridgehead atoms. The first kappa shape index (κ1) is 16.5. The molecule has 1 aliphatic carbocycles. The van der Waals surface area contributed by atoms with E-state index < -0.39 is 0 Å². The highest BCUT2D eigenvalue weighted by Gasteiger charge is 2.38. The minimum Gasteiger partial charge on any atom is -0.466 e. The summed E-state index contributed by atoms with van der Waals surface area (Å²) in [7, 11) is 0. The van der Waals surface area contributed by atoms with Gasteiger partial charge in [-0.3, -0.25) is 4.79 Å². The van der Waals surface area contributed by atoms with Crippen molar-refractivity contribution >= 4 is 5.97 Å². The van der Waals surface area contributed by atoms with E-state index in [1.165, 1.54) is 12.8 Å². The van der Waals surface area contributed by atoms with Crippen LogP contribution in [0.5, 0.6) is 0 Å². The first-order valence-corrected chi connectivity index (χ1v) is 7.93. The van der Waals surface area contributed by atoms with Crippen LogP contribution < -0.4 is 5.32 Å². The molecule has 19 heavy (non-hydrogen) atoms. The molecule has 1 aliphatic rings. The van der Waals surface area contributed by atoms with E-state index in [-0.39, 0.29) is 11.5 Å². The second-order valence-electron chi connectivity index (χ2n) is 6.29. The summed E-state index contributed by atoms with van der Waals surface area (Å²) in [5, 5.41) is 3.66. The number of esters is 1. The molecule has 1 rings (SSSR count). The summed E-state index contributed by atoms with van der Waals surface area (Å²) in [5.74, 6) is 1.38. The van der Waals surface area contributed by atoms with E-state index in [9.17, 15) is 4.79 Å². The largest absolute Gasteiger partial charge is 0.466 e. The molecule has 0 radical (unpaired) electrons. The Kier molecular flexibility index (Phi) is 6.84. The Labute approximate surface area is 118 Å². The van der Waals surface area contributed by atoms with Crippen LogP contribution in [0.15, 0.2) is 0 Å². The van der Waals surface area contributed by atoms with Gasteiger partial charge in [-0.05, 0) is 44.6 Å². The third-order valence-electron chi connectivity index (χ3n) is 4.36. The lowest BCUT2D eigenvalue weighted by molar-refractivity contribution is -0.145. The van der Waals surface area contributed by atoms with E-state index in [1.54, 1.807) is 0 Å². The maximum absolute atomic E-state index is 11.9. The van der Waals surface area contributed by atoms with Crippen molar-refractivity contribution in [2.45, 2.75) is 71.8 Å². The molecule has 0 aliphatic heterocycles. The van der Waals surface area contributed by atoms with Crippen LogP contribution in [0.2, 0.25) is 0 Å². The molecule has 1 saturated carbocycles. The third kappa shape index (κ3) is 5.13. The highest BCUT2D eigenvalue weighted by Crippen LogP contribution is 2.38. The molecule has 112 valence electrons. The molecule has 3 heteroatoms. The van der Waals surface area contributed by atoms with Crippen LogP contribution in [0.3, 0.4) is 0 Å². The zero-order chi connectivity index (χ0) is 14.3. The van der Waals surface area contributed by atoms with E-state index in [4.69, 9.17) is 4.74 Å². The number of hydrogen-bond acceptors (Lipinski definition) is 3. The van der Waals surface area contributed by atoms with Crippen molar-refractivity contribution in [3.63, 3.8) is 0 Å². The zero-order valence-corrected chi connectivity index (χ0v) is 13.1. The number of hydrogen-bond donors (Lipinski definition) is 1. The van der Waals surface area contributed by atoms with Crippen molar-refractivity contribution < 1.29 is 9.53 Å². The van der Waals surface area contributed by atoms with Crippen molar-refractivity contribution in [3.05, 3.63) is 0 Å². The fourth-order valence-corrected chi connectivity index (χ4v) is 3.24. The summed E-state index contributed by atoms with van der Waals surface area (Å²) in [5.41, 5.74) is -0.0184. The summed E-state index contributed by atoms with van der Waals surface area (Å²) >= 11 is 0. The van der Waals surface area contributed by atoms with Crippen LogP contribution in [0, 0.1) is 11.8 Å². The molecule has 0 aromatic rings. The average Bonchev–Trinajstić information content (AvgIpc) is 2.37. The fourth-order valence-electron chi connectivity index (χ4n) is 3.24. The Morgan fingerprint density at radius 3 is 2.74 bits per heavy atom. The fraction of sp³-hybridized carbons (Fsp3) is 0.938. The Hall–Kier alpha value is -0.570. The molecular weight excluding hydrogens is 238 g/mol. The van der Waals surface area contributed by atoms with Crippen LogP contribution in [0.4, 0.5) is 0 Å². The highest BCUT2D eigenvalue weighted by molar-refractivity contribution is 5.71. The van der Waals surface area contributed by atoms with Crippen molar-refractivity contribution in [2.24, 2.45) is 11.8 Å². The molecule has 3 nitrogen and oxygen atoms in total. The summed E-state index contributed by atoms with van der Waals surface area (Å²) < 4.78 is 5.17. The maximum atomic E-state index is 11.9. The lowest BCUT2D eigenvalue weighted by Gasteiger charge is -2.42. The molecule has 0 saturated heterocycles. The predicted octanol–water partition coefficient (Wildman–Crippen LogP) is 3.52. The molecule has 1 fully saturated rings. The van der Waals surface area contributed by atoms with E-state index >= 15 is 0 Å². The molecule has 0 amide bonds. The van der Waals surface area contributed by atoms with Gasteiger partial charge in [0.25, 0.3) is 0 Å². The van der Waals surface area contributed by atoms with Gasteiger partial charge in [-0.2, -0.15) is 0 Å². The van der Waals surface area contributed by atoms with E-state index in [0.29, 0.717) is 18.9 Å². The Balaban J connectivity index is 2.70. The van der Waals surface area contributed by atoms with E-state index in [0.717, 1.165) is 31.7 Å². The van der Waals surface area contributed by atoms with Crippen LogP contribution >= 0.6 is 0 Å². The topological polar surface area (TPSA) is 38.3 Å². The van der Waals surface area contributed by atoms with Gasteiger partial charge in [0.2, 0.25) is 0 Å². The van der Waals surface area contributed by atoms with Gasteiger partial charge in [0.15, 0.2) is 0 Å². The second kappa shape index (κ2) is 7.88. The molecule has 2 unspecified atom stereocenters. The molecule has 0 aromatic carbocycles. The summed E-state index contributed by atoms with van der Waals surface area (Å²) in [6, 6.07) is 0. The monoisotopic (exact) mass is 269 g/mol. The molecular formula is C16H31NO2. The van der Waals surface area contributed by atoms with Crippen LogP contribution in [0.1, 0.15) is 66.2 Å². The quantitative estimate of drug-likeness (QED) is 0.719. The first-order chi connectivity index (χ1) is 9.03. The predicted molar refractivity (Wildman–Crippen MR) is 79.1 cm³/mol. The number of ether oxygens (including phenoxy) is 1. The normalized spacial score (nSPS) is 27.5. The molecule has 0 spiro atoms. The smallest absolute Gasteiger partial charge is 0.307 e. The van der Waals surface area contributed by atoms with Crippen molar-refractivity contribution in [2.75, 3.05) is 13.2 Å². The zero-order valence-electron chi connectivity index (χ0n) is 13.1. The van der Waals surface area contributed by atoms with Crippen LogP contribution in [0.25, 0.3) is 0 Å². The van der Waals surface area contributed by atoms with Gasteiger partial charge in [0.05, 0.1) is 13.0 Å². The Bertz CT molecular complexity index is 278. The number of carbonyl (C=O) groups is 1. The first-order valence-electron chi connectivity index (χ1n) is 7.93. The summed E-state index contributed by atoms with van der Waals surface area (Å²) in [6.45, 7) is 10.1. The Morgan fingerprint density at radius 1 is 1.42 bits per heavy atom. The second-order valence-corrected chi connectivity index (χ2v) is 6.29. The minimum atomic E-state index is -0.0458. The average molecular weight is 269 g/mol. The number of carbonyl (C=O) groups excluding carboxylic acids is 1. The van der Waals surface area contributed by atoms with E-state index in [2.05, 4.69) is 26.1 Å². The van der Waals surface area contributed by atoms with Crippen LogP contribution in [-0.4, -0.2) is 24.7 Å². The van der Waals surface area contributed by atoms with Crippen LogP contribution in [-0.2, 0) is 9.53 Å². The van der Waals surface area contributed by atoms with Crippen molar-refractivity contribution in [1.29, 1.82) is 0 Å². The van der Waals surface area contributed by atoms with Crippen molar-refractivity contribution in [3.8, 4) is 0 Å². The maximum Gasteiger partial charge on any atom is 0.307 e. The molecule has 2 atom stereocenters. The molecule has 0 heterocycles. The molecule has 0 aromatic heterocycles. The van der Waals surface area contributed by atoms with Crippen molar-refractivity contribution in [1.82, 2.24) is 5.32 Å². The standard InChI is InChI=1S/C16H31NO2/c1-5-10-17-16(12-15(18)19-6-2)9-7-8-14(11-16)13(3)4/h13-14,17H,5-12H2,1-4H3. The number of rotatable bonds is 7. The van der Waals surface area contributed by atoms with Gasteiger partial charge in [0.1, 0.15) is 0 Å². The van der Waals surface area contributed by atoms with Gasteiger partial charge in [0, 0.05) is 5.54 Å². The SMILES string of the molecule is CCCNC1(CC(=O)OCC)CCCC(C(C)C)C1. The number of nitrogens with one attached hydrogen (secondary N) is 1. The van der Waals surface area contributed by atoms with Gasteiger partial charge < -0.3 is 10.1 Å². The third-order valence-corrected chi connectivity index (χ3v) is 4.36. The van der Waals surface area contributed by atoms with Gasteiger partial charge in [-0.1, -0.05) is 33.6 Å². The lowest BCUT2D eigenvalue weighted by Crippen LogP contribution is -2.51. The lowest BCUT2D eigenvalue weighted by atomic mass is 9.70. The minimum absolute atomic E-state index is 0.0184. The van der Waals surface area contributed by atoms with Gasteiger partial charge in [-0.15, -0.1) is 0 Å². The van der Waals surface area contributed by atoms with E-state index in [1.807, 2.05) is 6.92 Å². The Morgan fingerprint density at radius 2 is 2.16 bits per heavy atom. The van der Waals surface area contributed by atoms with Gasteiger partial charge in [-0.25, -0.2) is 0 Å². The summed E-state index contributed by atoms with van der Waals surface area (Å²) in [4.78, 5) is 11.9.